The molecule has 0 unspecified atom stereocenters. The Labute approximate surface area is 472 Å². The van der Waals surface area contributed by atoms with Crippen LogP contribution in [-0.4, -0.2) is 157 Å². The van der Waals surface area contributed by atoms with Crippen LogP contribution < -0.4 is 20.4 Å². The Balaban J connectivity index is 0.000000380. The normalized spacial score (nSPS) is 17.4. The second-order valence-electron chi connectivity index (χ2n) is 17.5. The van der Waals surface area contributed by atoms with Crippen LogP contribution in [0.4, 0.5) is 32.3 Å². The van der Waals surface area contributed by atoms with E-state index in [4.69, 9.17) is 42.1 Å². The van der Waals surface area contributed by atoms with Crippen molar-refractivity contribution in [3.8, 4) is 0 Å². The average Bonchev–Trinajstić information content (AvgIpc) is 3.35. The molecule has 2 saturated carbocycles. The van der Waals surface area contributed by atoms with Crippen molar-refractivity contribution in [1.29, 1.82) is 0 Å². The molecule has 0 heterocycles. The average molecular weight is 1130 g/mol. The second kappa shape index (κ2) is 33.1. The van der Waals surface area contributed by atoms with Gasteiger partial charge in [0.2, 0.25) is 11.8 Å². The van der Waals surface area contributed by atoms with Crippen LogP contribution >= 0.6 is 23.2 Å². The summed E-state index contributed by atoms with van der Waals surface area (Å²) in [7, 11) is -8.70. The zero-order valence-corrected chi connectivity index (χ0v) is 46.2. The first-order valence-corrected chi connectivity index (χ1v) is 27.4. The number of amides is 4. The number of carbonyl (C=O) groups excluding carboxylic acids is 4. The molecular formula is C50H62CaCl2N4O15S2. The molecule has 4 amide bonds. The minimum Gasteiger partial charge on any atom is -0.748 e. The number of hydrogen-bond acceptors (Lipinski definition) is 14. The Hall–Kier alpha value is -4.10. The molecule has 19 nitrogen and oxygen atoms in total. The van der Waals surface area contributed by atoms with E-state index in [1.165, 1.54) is 9.80 Å². The zero-order valence-electron chi connectivity index (χ0n) is 40.8. The fourth-order valence-electron chi connectivity index (χ4n) is 8.06. The Kier molecular flexibility index (Phi) is 28.7. The third-order valence-corrected chi connectivity index (χ3v) is 13.8. The summed E-state index contributed by atoms with van der Waals surface area (Å²) in [5, 5.41) is 5.85. The maximum Gasteiger partial charge on any atom is 2.00 e. The van der Waals surface area contributed by atoms with Gasteiger partial charge in [0.1, 0.15) is 13.2 Å². The number of ether oxygens (including phenoxy) is 4. The summed E-state index contributed by atoms with van der Waals surface area (Å²) in [6.07, 6.45) is 6.14. The van der Waals surface area contributed by atoms with Crippen molar-refractivity contribution < 1.29 is 69.5 Å². The molecule has 24 heteroatoms. The van der Waals surface area contributed by atoms with Gasteiger partial charge in [-0.1, -0.05) is 59.6 Å². The number of nitrogens with one attached hydrogen (secondary N) is 2. The van der Waals surface area contributed by atoms with Crippen LogP contribution in [0.2, 0.25) is 10.0 Å². The van der Waals surface area contributed by atoms with Crippen LogP contribution in [0.15, 0.2) is 109 Å². The van der Waals surface area contributed by atoms with Crippen LogP contribution in [-0.2, 0) is 48.8 Å². The van der Waals surface area contributed by atoms with E-state index in [1.807, 2.05) is 60.7 Å². The number of halogens is 2. The molecule has 0 aliphatic heterocycles. The maximum atomic E-state index is 13.0. The van der Waals surface area contributed by atoms with Gasteiger partial charge in [-0.15, -0.1) is 0 Å². The number of para-hydroxylation sites is 2. The van der Waals surface area contributed by atoms with E-state index < -0.39 is 55.7 Å². The first-order chi connectivity index (χ1) is 34.4. The Morgan fingerprint density at radius 2 is 0.770 bits per heavy atom. The van der Waals surface area contributed by atoms with Gasteiger partial charge in [0.25, 0.3) is 0 Å². The molecule has 2 fully saturated rings. The minimum absolute atomic E-state index is 0. The van der Waals surface area contributed by atoms with Gasteiger partial charge < -0.3 is 44.2 Å². The molecule has 0 aromatic heterocycles. The van der Waals surface area contributed by atoms with E-state index in [-0.39, 0.29) is 81.4 Å². The van der Waals surface area contributed by atoms with Crippen LogP contribution in [0, 0.1) is 23.7 Å². The van der Waals surface area contributed by atoms with E-state index in [9.17, 15) is 45.1 Å². The van der Waals surface area contributed by atoms with E-state index >= 15 is 0 Å². The molecule has 4 N–H and O–H groups in total. The summed E-state index contributed by atoms with van der Waals surface area (Å²) in [6.45, 7) is 0.640. The van der Waals surface area contributed by atoms with Gasteiger partial charge in [-0.2, -0.15) is 0 Å². The predicted molar refractivity (Wildman–Crippen MR) is 280 cm³/mol. The van der Waals surface area contributed by atoms with Crippen LogP contribution in [0.1, 0.15) is 51.4 Å². The summed E-state index contributed by atoms with van der Waals surface area (Å²) in [5.41, 5.74) is 2.72. The topological polar surface area (TPSA) is 282 Å². The van der Waals surface area contributed by atoms with E-state index in [1.54, 1.807) is 48.5 Å². The molecule has 0 atom stereocenters. The molecular weight excluding hydrogens is 1070 g/mol. The summed E-state index contributed by atoms with van der Waals surface area (Å²) in [4.78, 5) is 52.4. The molecule has 0 bridgehead atoms. The van der Waals surface area contributed by atoms with Gasteiger partial charge in [-0.05, 0) is 148 Å². The van der Waals surface area contributed by atoms with Gasteiger partial charge in [0, 0.05) is 23.1 Å². The summed E-state index contributed by atoms with van der Waals surface area (Å²) >= 11 is 12.0. The summed E-state index contributed by atoms with van der Waals surface area (Å²) in [6, 6.07) is 32.5. The molecule has 400 valence electrons. The maximum absolute atomic E-state index is 13.0. The SMILES string of the molecule is O.O=C(COC[C@H]1CC[C@H](COC(=O)N(c2ccccc2)c2ccc(Cl)cc2)CC1)NCCS(=O)(=O)[O-].O=C(COC[C@H]1CC[C@H](COC(=O)N(c2ccccc2)c2ccc(Cl)cc2)CC1)NCCS(=O)(=O)[O-].[Ca+2]. The van der Waals surface area contributed by atoms with Crippen molar-refractivity contribution in [3.63, 3.8) is 0 Å². The van der Waals surface area contributed by atoms with Gasteiger partial charge >= 0.3 is 49.9 Å². The number of rotatable bonds is 22. The van der Waals surface area contributed by atoms with E-state index in [0.29, 0.717) is 71.1 Å². The number of benzene rings is 4. The third kappa shape index (κ3) is 24.3. The van der Waals surface area contributed by atoms with Crippen molar-refractivity contribution in [2.45, 2.75) is 51.4 Å². The summed E-state index contributed by atoms with van der Waals surface area (Å²) in [5.74, 6) is -1.13. The molecule has 0 saturated heterocycles. The molecule has 2 aliphatic carbocycles. The van der Waals surface area contributed by atoms with Gasteiger partial charge in [0.15, 0.2) is 0 Å². The fraction of sp³-hybridized carbons (Fsp3) is 0.440. The van der Waals surface area contributed by atoms with E-state index in [2.05, 4.69) is 10.6 Å². The van der Waals surface area contributed by atoms with E-state index in [0.717, 1.165) is 51.4 Å². The van der Waals surface area contributed by atoms with Crippen molar-refractivity contribution in [2.24, 2.45) is 23.7 Å². The van der Waals surface area contributed by atoms with Gasteiger partial charge in [-0.25, -0.2) is 36.2 Å². The monoisotopic (exact) mass is 1130 g/mol. The van der Waals surface area contributed by atoms with Gasteiger partial charge in [-0.3, -0.25) is 9.59 Å². The first-order valence-electron chi connectivity index (χ1n) is 23.5. The summed E-state index contributed by atoms with van der Waals surface area (Å²) < 4.78 is 85.6. The first kappa shape index (κ1) is 64.2. The van der Waals surface area contributed by atoms with Crippen molar-refractivity contribution in [1.82, 2.24) is 10.6 Å². The molecule has 4 aromatic rings. The Morgan fingerprint density at radius 3 is 1.07 bits per heavy atom. The quantitative estimate of drug-likeness (QED) is 0.0593. The van der Waals surface area contributed by atoms with Gasteiger partial charge in [0.05, 0.1) is 80.9 Å². The number of carbonyl (C=O) groups is 4. The zero-order chi connectivity index (χ0) is 51.9. The number of hydrogen-bond donors (Lipinski definition) is 2. The van der Waals surface area contributed by atoms with Crippen LogP contribution in [0.3, 0.4) is 0 Å². The fourth-order valence-corrected chi connectivity index (χ4v) is 9.02. The second-order valence-corrected chi connectivity index (χ2v) is 21.4. The molecule has 2 aliphatic rings. The minimum atomic E-state index is -4.35. The largest absolute Gasteiger partial charge is 2.00 e. The van der Waals surface area contributed by atoms with Crippen molar-refractivity contribution >= 4 is 128 Å². The standard InChI is InChI=1S/2C25H31ClN2O7S.Ca.H2O/c2*26-21-10-12-23(13-11-21)28(22-4-2-1-3-5-22)25(30)35-17-20-8-6-19(7-9-20)16-34-18-24(29)27-14-15-36(31,32)33;;/h2*1-5,10-13,19-20H,6-9,14-18H2,(H,27,29)(H,31,32,33);;1H2/q;;+2;/p-2/t2*19-,20-;;. The number of nitrogens with zero attached hydrogens (tertiary/aromatic N) is 2. The van der Waals surface area contributed by atoms with Crippen molar-refractivity contribution in [3.05, 3.63) is 119 Å². The van der Waals surface area contributed by atoms with Crippen LogP contribution in [0.5, 0.6) is 0 Å². The molecule has 74 heavy (non-hydrogen) atoms. The Bertz CT molecular complexity index is 2370. The molecule has 0 spiro atoms. The number of anilines is 4. The molecule has 0 radical (unpaired) electrons. The molecule has 4 aromatic carbocycles. The van der Waals surface area contributed by atoms with Crippen molar-refractivity contribution in [2.75, 3.05) is 74.0 Å². The van der Waals surface area contributed by atoms with Crippen LogP contribution in [0.25, 0.3) is 0 Å². The smallest absolute Gasteiger partial charge is 0.748 e. The molecule has 6 rings (SSSR count). The predicted octanol–water partition coefficient (Wildman–Crippen LogP) is 6.99. The Morgan fingerprint density at radius 1 is 0.486 bits per heavy atom. The third-order valence-electron chi connectivity index (χ3n) is 11.9.